The molecule has 0 aliphatic carbocycles. The molecule has 4 rings (SSSR count). The van der Waals surface area contributed by atoms with Crippen molar-refractivity contribution in [1.82, 2.24) is 10.2 Å². The summed E-state index contributed by atoms with van der Waals surface area (Å²) in [4.78, 5) is 26.7. The Bertz CT molecular complexity index is 1030. The fraction of sp³-hybridized carbons (Fsp3) is 0.304. The monoisotopic (exact) mass is 420 g/mol. The lowest BCUT2D eigenvalue weighted by Gasteiger charge is -2.19. The molecule has 1 aliphatic rings. The number of hydrogen-bond donors (Lipinski definition) is 1. The van der Waals surface area contributed by atoms with Crippen molar-refractivity contribution in [2.45, 2.75) is 38.5 Å². The third-order valence-electron chi connectivity index (χ3n) is 5.31. The first-order valence-electron chi connectivity index (χ1n) is 10.2. The van der Waals surface area contributed by atoms with Gasteiger partial charge in [-0.2, -0.15) is 0 Å². The molecule has 1 aliphatic heterocycles. The second-order valence-electron chi connectivity index (χ2n) is 7.37. The Morgan fingerprint density at radius 1 is 1.13 bits per heavy atom. The maximum absolute atomic E-state index is 12.6. The largest absolute Gasteiger partial charge is 0.311 e. The Labute approximate surface area is 180 Å². The summed E-state index contributed by atoms with van der Waals surface area (Å²) in [7, 11) is 0. The number of para-hydroxylation sites is 1. The van der Waals surface area contributed by atoms with Crippen LogP contribution in [0.4, 0.5) is 10.8 Å². The van der Waals surface area contributed by atoms with E-state index in [4.69, 9.17) is 0 Å². The number of rotatable bonds is 7. The molecule has 3 aromatic rings. The Balaban J connectivity index is 1.37. The van der Waals surface area contributed by atoms with Crippen molar-refractivity contribution in [3.63, 3.8) is 0 Å². The molecule has 7 heteroatoms. The van der Waals surface area contributed by atoms with Crippen LogP contribution >= 0.6 is 11.3 Å². The average molecular weight is 421 g/mol. The lowest BCUT2D eigenvalue weighted by molar-refractivity contribution is -0.117. The first-order chi connectivity index (χ1) is 14.6. The number of hydrogen-bond acceptors (Lipinski definition) is 5. The summed E-state index contributed by atoms with van der Waals surface area (Å²) < 4.78 is 0. The molecule has 0 spiro atoms. The van der Waals surface area contributed by atoms with E-state index in [1.165, 1.54) is 11.3 Å². The van der Waals surface area contributed by atoms with E-state index in [1.807, 2.05) is 53.4 Å². The Kier molecular flexibility index (Phi) is 6.18. The summed E-state index contributed by atoms with van der Waals surface area (Å²) in [5.41, 5.74) is 3.27. The van der Waals surface area contributed by atoms with Crippen LogP contribution in [0.1, 0.15) is 41.8 Å². The molecular weight excluding hydrogens is 396 g/mol. The van der Waals surface area contributed by atoms with Crippen molar-refractivity contribution in [3.8, 4) is 0 Å². The number of aryl methyl sites for hydroxylation is 2. The van der Waals surface area contributed by atoms with E-state index in [-0.39, 0.29) is 17.7 Å². The smallest absolute Gasteiger partial charge is 0.227 e. The van der Waals surface area contributed by atoms with Crippen LogP contribution in [0.25, 0.3) is 0 Å². The van der Waals surface area contributed by atoms with Crippen LogP contribution < -0.4 is 10.2 Å². The van der Waals surface area contributed by atoms with E-state index >= 15 is 0 Å². The van der Waals surface area contributed by atoms with Crippen molar-refractivity contribution in [2.75, 3.05) is 16.8 Å². The number of nitrogens with one attached hydrogen (secondary N) is 1. The highest BCUT2D eigenvalue weighted by atomic mass is 32.1. The molecule has 6 nitrogen and oxygen atoms in total. The quantitative estimate of drug-likeness (QED) is 0.622. The van der Waals surface area contributed by atoms with E-state index in [2.05, 4.69) is 28.5 Å². The number of carbonyl (C=O) groups is 2. The van der Waals surface area contributed by atoms with Gasteiger partial charge in [-0.05, 0) is 30.0 Å². The molecule has 1 N–H and O–H groups in total. The van der Waals surface area contributed by atoms with Gasteiger partial charge in [-0.1, -0.05) is 66.8 Å². The van der Waals surface area contributed by atoms with Crippen molar-refractivity contribution in [3.05, 3.63) is 70.7 Å². The van der Waals surface area contributed by atoms with Gasteiger partial charge in [-0.3, -0.25) is 9.59 Å². The third kappa shape index (κ3) is 4.57. The van der Waals surface area contributed by atoms with Crippen LogP contribution in [0.3, 0.4) is 0 Å². The van der Waals surface area contributed by atoms with Crippen molar-refractivity contribution in [2.24, 2.45) is 0 Å². The Hall–Kier alpha value is -3.06. The fourth-order valence-corrected chi connectivity index (χ4v) is 4.56. The second kappa shape index (κ2) is 9.17. The Morgan fingerprint density at radius 2 is 1.90 bits per heavy atom. The van der Waals surface area contributed by atoms with Crippen LogP contribution in [0, 0.1) is 0 Å². The lowest BCUT2D eigenvalue weighted by Crippen LogP contribution is -2.25. The SMILES string of the molecule is CCc1ccccc1N1C[C@H](c2nnc(NC(=O)CCc3ccccc3)s2)CC1=O. The highest BCUT2D eigenvalue weighted by molar-refractivity contribution is 7.15. The van der Waals surface area contributed by atoms with Gasteiger partial charge in [0.15, 0.2) is 0 Å². The Morgan fingerprint density at radius 3 is 2.70 bits per heavy atom. The molecule has 1 saturated heterocycles. The van der Waals surface area contributed by atoms with Gasteiger partial charge >= 0.3 is 0 Å². The lowest BCUT2D eigenvalue weighted by atomic mass is 10.1. The molecule has 1 atom stereocenters. The van der Waals surface area contributed by atoms with Gasteiger partial charge in [0.25, 0.3) is 0 Å². The van der Waals surface area contributed by atoms with E-state index in [0.29, 0.717) is 30.9 Å². The summed E-state index contributed by atoms with van der Waals surface area (Å²) in [6.07, 6.45) is 2.36. The molecule has 2 aromatic carbocycles. The zero-order valence-electron chi connectivity index (χ0n) is 16.9. The van der Waals surface area contributed by atoms with Crippen molar-refractivity contribution < 1.29 is 9.59 Å². The van der Waals surface area contributed by atoms with Gasteiger partial charge in [0, 0.05) is 31.0 Å². The predicted octanol–water partition coefficient (Wildman–Crippen LogP) is 4.19. The molecule has 2 heterocycles. The summed E-state index contributed by atoms with van der Waals surface area (Å²) >= 11 is 1.36. The van der Waals surface area contributed by atoms with Crippen LogP contribution in [0.15, 0.2) is 54.6 Å². The zero-order valence-corrected chi connectivity index (χ0v) is 17.7. The number of carbonyl (C=O) groups excluding carboxylic acids is 2. The normalized spacial score (nSPS) is 16.1. The highest BCUT2D eigenvalue weighted by Crippen LogP contribution is 2.35. The number of aromatic nitrogens is 2. The van der Waals surface area contributed by atoms with Crippen LogP contribution in [-0.4, -0.2) is 28.6 Å². The van der Waals surface area contributed by atoms with E-state index < -0.39 is 0 Å². The van der Waals surface area contributed by atoms with Gasteiger partial charge in [0.2, 0.25) is 16.9 Å². The maximum Gasteiger partial charge on any atom is 0.227 e. The second-order valence-corrected chi connectivity index (χ2v) is 8.38. The van der Waals surface area contributed by atoms with Crippen LogP contribution in [0.5, 0.6) is 0 Å². The first-order valence-corrected chi connectivity index (χ1v) is 11.0. The molecule has 1 aromatic heterocycles. The number of nitrogens with zero attached hydrogens (tertiary/aromatic N) is 3. The summed E-state index contributed by atoms with van der Waals surface area (Å²) in [5, 5.41) is 12.5. The van der Waals surface area contributed by atoms with Gasteiger partial charge < -0.3 is 10.2 Å². The van der Waals surface area contributed by atoms with E-state index in [1.54, 1.807) is 0 Å². The van der Waals surface area contributed by atoms with Gasteiger partial charge in [0.05, 0.1) is 0 Å². The third-order valence-corrected chi connectivity index (χ3v) is 6.31. The van der Waals surface area contributed by atoms with Gasteiger partial charge in [-0.25, -0.2) is 0 Å². The fourth-order valence-electron chi connectivity index (χ4n) is 3.71. The number of anilines is 2. The minimum Gasteiger partial charge on any atom is -0.311 e. The zero-order chi connectivity index (χ0) is 20.9. The van der Waals surface area contributed by atoms with Crippen molar-refractivity contribution in [1.29, 1.82) is 0 Å². The standard InChI is InChI=1S/C23H24N4O2S/c1-2-17-10-6-7-11-19(17)27-15-18(14-21(27)29)22-25-26-23(30-22)24-20(28)13-12-16-8-4-3-5-9-16/h3-11,18H,2,12-15H2,1H3,(H,24,26,28)/t18-/m1/s1. The molecule has 2 amide bonds. The first kappa shape index (κ1) is 20.2. The molecule has 0 saturated carbocycles. The molecular formula is C23H24N4O2S. The van der Waals surface area contributed by atoms with E-state index in [0.717, 1.165) is 28.2 Å². The van der Waals surface area contributed by atoms with Crippen molar-refractivity contribution >= 4 is 34.0 Å². The maximum atomic E-state index is 12.6. The van der Waals surface area contributed by atoms with Crippen LogP contribution in [0.2, 0.25) is 0 Å². The predicted molar refractivity (Wildman–Crippen MR) is 119 cm³/mol. The van der Waals surface area contributed by atoms with E-state index in [9.17, 15) is 9.59 Å². The minimum absolute atomic E-state index is 0.00474. The number of amides is 2. The van der Waals surface area contributed by atoms with Gasteiger partial charge in [-0.15, -0.1) is 10.2 Å². The summed E-state index contributed by atoms with van der Waals surface area (Å²) in [6, 6.07) is 17.9. The molecule has 0 unspecified atom stereocenters. The summed E-state index contributed by atoms with van der Waals surface area (Å²) in [5.74, 6) is 0.0157. The molecule has 0 radical (unpaired) electrons. The topological polar surface area (TPSA) is 75.2 Å². The summed E-state index contributed by atoms with van der Waals surface area (Å²) in [6.45, 7) is 2.68. The molecule has 154 valence electrons. The molecule has 30 heavy (non-hydrogen) atoms. The average Bonchev–Trinajstić information content (AvgIpc) is 3.39. The highest BCUT2D eigenvalue weighted by Gasteiger charge is 2.34. The van der Waals surface area contributed by atoms with Gasteiger partial charge in [0.1, 0.15) is 5.01 Å². The number of benzene rings is 2. The molecule has 0 bridgehead atoms. The minimum atomic E-state index is -0.0810. The van der Waals surface area contributed by atoms with Crippen LogP contribution in [-0.2, 0) is 22.4 Å². The molecule has 1 fully saturated rings.